The van der Waals surface area contributed by atoms with Gasteiger partial charge in [-0.05, 0) is 61.8 Å². The maximum atomic E-state index is 13.0. The maximum absolute atomic E-state index is 13.0. The van der Waals surface area contributed by atoms with E-state index in [1.807, 2.05) is 18.3 Å². The van der Waals surface area contributed by atoms with Crippen LogP contribution in [-0.4, -0.2) is 22.4 Å². The van der Waals surface area contributed by atoms with Crippen molar-refractivity contribution in [3.63, 3.8) is 0 Å². The minimum Gasteiger partial charge on any atom is -0.494 e. The quantitative estimate of drug-likeness (QED) is 0.143. The molecule has 0 amide bonds. The van der Waals surface area contributed by atoms with Gasteiger partial charge in [0.1, 0.15) is 5.75 Å². The number of H-pyrrole nitrogens is 1. The number of hydrogen-bond donors (Lipinski definition) is 1. The Kier molecular flexibility index (Phi) is 13.0. The summed E-state index contributed by atoms with van der Waals surface area (Å²) in [6.07, 6.45) is 25.9. The second-order valence-corrected chi connectivity index (χ2v) is 10.5. The van der Waals surface area contributed by atoms with Crippen molar-refractivity contribution in [2.75, 3.05) is 6.61 Å². The highest BCUT2D eigenvalue weighted by molar-refractivity contribution is 5.98. The zero-order valence-corrected chi connectivity index (χ0v) is 22.2. The number of unbranched alkanes of at least 4 members (excludes halogenated alkanes) is 12. The second kappa shape index (κ2) is 16.5. The number of ketones is 1. The van der Waals surface area contributed by atoms with Gasteiger partial charge in [0.15, 0.2) is 5.78 Å². The first-order chi connectivity index (χ1) is 17.3. The maximum Gasteiger partial charge on any atom is 0.163 e. The van der Waals surface area contributed by atoms with Gasteiger partial charge in [-0.25, -0.2) is 4.98 Å². The number of aryl methyl sites for hydroxylation is 1. The molecule has 1 aliphatic carbocycles. The lowest BCUT2D eigenvalue weighted by Gasteiger charge is -2.12. The van der Waals surface area contributed by atoms with Crippen LogP contribution in [0.3, 0.4) is 0 Å². The molecule has 0 aliphatic heterocycles. The number of aromatic nitrogens is 2. The van der Waals surface area contributed by atoms with Gasteiger partial charge in [0.2, 0.25) is 0 Å². The normalized spacial score (nSPS) is 13.3. The Morgan fingerprint density at radius 1 is 0.914 bits per heavy atom. The summed E-state index contributed by atoms with van der Waals surface area (Å²) in [5.74, 6) is 1.77. The van der Waals surface area contributed by atoms with Crippen molar-refractivity contribution in [3.8, 4) is 5.75 Å². The number of carbonyl (C=O) groups excluding carboxylic acids is 1. The van der Waals surface area contributed by atoms with Crippen molar-refractivity contribution in [1.82, 2.24) is 9.97 Å². The standard InChI is InChI=1S/C31H48N2O2/c1-2-3-4-5-6-7-8-9-10-11-12-13-14-17-31(34)29-21-20-28(23-30(29)26-18-19-26)35-22-15-16-27-24-32-25-33-27/h20-21,23-26H,2-19,22H2,1H3,(H,32,33). The number of aromatic amines is 1. The van der Waals surface area contributed by atoms with E-state index in [1.165, 1.54) is 95.5 Å². The number of Topliss-reactive ketones (excluding diaryl/α,β-unsaturated/α-hetero) is 1. The minimum absolute atomic E-state index is 0.320. The molecule has 194 valence electrons. The molecule has 0 saturated heterocycles. The average molecular weight is 481 g/mol. The fourth-order valence-corrected chi connectivity index (χ4v) is 4.93. The summed E-state index contributed by atoms with van der Waals surface area (Å²) in [4.78, 5) is 20.1. The largest absolute Gasteiger partial charge is 0.494 e. The van der Waals surface area contributed by atoms with Crippen LogP contribution in [-0.2, 0) is 6.42 Å². The highest BCUT2D eigenvalue weighted by Crippen LogP contribution is 2.43. The number of nitrogens with zero attached hydrogens (tertiary/aromatic N) is 1. The molecule has 0 radical (unpaired) electrons. The summed E-state index contributed by atoms with van der Waals surface area (Å²) in [6.45, 7) is 2.96. The molecule has 1 heterocycles. The zero-order valence-electron chi connectivity index (χ0n) is 22.2. The summed E-state index contributed by atoms with van der Waals surface area (Å²) >= 11 is 0. The Bertz CT molecular complexity index is 827. The lowest BCUT2D eigenvalue weighted by atomic mass is 9.96. The molecule has 1 saturated carbocycles. The molecule has 3 rings (SSSR count). The topological polar surface area (TPSA) is 55.0 Å². The van der Waals surface area contributed by atoms with Gasteiger partial charge in [-0.15, -0.1) is 0 Å². The van der Waals surface area contributed by atoms with Gasteiger partial charge in [-0.1, -0.05) is 84.0 Å². The van der Waals surface area contributed by atoms with E-state index in [0.717, 1.165) is 36.3 Å². The van der Waals surface area contributed by atoms with E-state index in [2.05, 4.69) is 23.0 Å². The lowest BCUT2D eigenvalue weighted by molar-refractivity contribution is 0.0978. The highest BCUT2D eigenvalue weighted by atomic mass is 16.5. The summed E-state index contributed by atoms with van der Waals surface area (Å²) < 4.78 is 5.99. The summed E-state index contributed by atoms with van der Waals surface area (Å²) in [5, 5.41) is 0. The van der Waals surface area contributed by atoms with Crippen molar-refractivity contribution in [3.05, 3.63) is 47.5 Å². The summed E-state index contributed by atoms with van der Waals surface area (Å²) in [6, 6.07) is 6.13. The summed E-state index contributed by atoms with van der Waals surface area (Å²) in [7, 11) is 0. The van der Waals surface area contributed by atoms with Gasteiger partial charge >= 0.3 is 0 Å². The molecular formula is C31H48N2O2. The number of rotatable bonds is 21. The smallest absolute Gasteiger partial charge is 0.163 e. The number of carbonyl (C=O) groups is 1. The van der Waals surface area contributed by atoms with Gasteiger partial charge in [0.05, 0.1) is 12.9 Å². The van der Waals surface area contributed by atoms with Crippen LogP contribution in [0.4, 0.5) is 0 Å². The van der Waals surface area contributed by atoms with Crippen molar-refractivity contribution >= 4 is 5.78 Å². The Morgan fingerprint density at radius 3 is 2.17 bits per heavy atom. The van der Waals surface area contributed by atoms with Gasteiger partial charge in [-0.2, -0.15) is 0 Å². The number of ether oxygens (including phenoxy) is 1. The van der Waals surface area contributed by atoms with Crippen molar-refractivity contribution in [1.29, 1.82) is 0 Å². The van der Waals surface area contributed by atoms with Crippen LogP contribution in [0.5, 0.6) is 5.75 Å². The van der Waals surface area contributed by atoms with Gasteiger partial charge in [0, 0.05) is 23.9 Å². The third-order valence-corrected chi connectivity index (χ3v) is 7.26. The Balaban J connectivity index is 1.27. The Hall–Kier alpha value is -2.10. The number of hydrogen-bond acceptors (Lipinski definition) is 3. The van der Waals surface area contributed by atoms with E-state index in [4.69, 9.17) is 4.74 Å². The molecule has 1 aromatic heterocycles. The molecule has 1 aromatic carbocycles. The number of imidazole rings is 1. The third kappa shape index (κ3) is 11.0. The van der Waals surface area contributed by atoms with Crippen LogP contribution < -0.4 is 4.74 Å². The van der Waals surface area contributed by atoms with Crippen LogP contribution in [0.15, 0.2) is 30.7 Å². The predicted octanol–water partition coefficient (Wildman–Crippen LogP) is 8.96. The molecular weight excluding hydrogens is 432 g/mol. The first kappa shape index (κ1) is 27.5. The molecule has 1 fully saturated rings. The second-order valence-electron chi connectivity index (χ2n) is 10.5. The van der Waals surface area contributed by atoms with Crippen LogP contribution in [0.25, 0.3) is 0 Å². The monoisotopic (exact) mass is 480 g/mol. The molecule has 2 aromatic rings. The Labute approximate surface area is 213 Å². The first-order valence-corrected chi connectivity index (χ1v) is 14.5. The molecule has 4 nitrogen and oxygen atoms in total. The zero-order chi connectivity index (χ0) is 24.6. The molecule has 35 heavy (non-hydrogen) atoms. The molecule has 0 bridgehead atoms. The van der Waals surface area contributed by atoms with Crippen molar-refractivity contribution < 1.29 is 9.53 Å². The van der Waals surface area contributed by atoms with E-state index in [-0.39, 0.29) is 0 Å². The first-order valence-electron chi connectivity index (χ1n) is 14.5. The van der Waals surface area contributed by atoms with E-state index in [1.54, 1.807) is 6.33 Å². The van der Waals surface area contributed by atoms with Gasteiger partial charge in [0.25, 0.3) is 0 Å². The minimum atomic E-state index is 0.320. The molecule has 4 heteroatoms. The van der Waals surface area contributed by atoms with Crippen molar-refractivity contribution in [2.45, 2.75) is 128 Å². The fourth-order valence-electron chi connectivity index (χ4n) is 4.93. The molecule has 1 aliphatic rings. The molecule has 0 atom stereocenters. The highest BCUT2D eigenvalue weighted by Gasteiger charge is 2.28. The molecule has 0 spiro atoms. The van der Waals surface area contributed by atoms with Crippen molar-refractivity contribution in [2.24, 2.45) is 0 Å². The molecule has 1 N–H and O–H groups in total. The fraction of sp³-hybridized carbons (Fsp3) is 0.677. The van der Waals surface area contributed by atoms with Crippen LogP contribution >= 0.6 is 0 Å². The third-order valence-electron chi connectivity index (χ3n) is 7.26. The Morgan fingerprint density at radius 2 is 1.57 bits per heavy atom. The van der Waals surface area contributed by atoms with Crippen LogP contribution in [0.2, 0.25) is 0 Å². The summed E-state index contributed by atoms with van der Waals surface area (Å²) in [5.41, 5.74) is 3.30. The SMILES string of the molecule is CCCCCCCCCCCCCCCC(=O)c1ccc(OCCCc2cnc[nH]2)cc1C1CC1. The predicted molar refractivity (Wildman–Crippen MR) is 145 cm³/mol. The van der Waals surface area contributed by atoms with E-state index < -0.39 is 0 Å². The lowest BCUT2D eigenvalue weighted by Crippen LogP contribution is -2.05. The van der Waals surface area contributed by atoms with Gasteiger partial charge < -0.3 is 9.72 Å². The van der Waals surface area contributed by atoms with E-state index in [9.17, 15) is 4.79 Å². The van der Waals surface area contributed by atoms with Gasteiger partial charge in [-0.3, -0.25) is 4.79 Å². The number of benzene rings is 1. The van der Waals surface area contributed by atoms with Crippen LogP contribution in [0, 0.1) is 0 Å². The van der Waals surface area contributed by atoms with E-state index >= 15 is 0 Å². The van der Waals surface area contributed by atoms with Crippen LogP contribution in [0.1, 0.15) is 144 Å². The molecule has 0 unspecified atom stereocenters. The number of nitrogens with one attached hydrogen (secondary N) is 1. The van der Waals surface area contributed by atoms with E-state index in [0.29, 0.717) is 24.7 Å². The average Bonchev–Trinajstić information content (AvgIpc) is 3.59.